The predicted molar refractivity (Wildman–Crippen MR) is 78.7 cm³/mol. The Labute approximate surface area is 126 Å². The van der Waals surface area contributed by atoms with Crippen LogP contribution in [0.4, 0.5) is 0 Å². The smallest absolute Gasteiger partial charge is 0.271 e. The van der Waals surface area contributed by atoms with E-state index in [1.807, 2.05) is 0 Å². The molecule has 1 aromatic carbocycles. The van der Waals surface area contributed by atoms with Crippen molar-refractivity contribution in [3.8, 4) is 0 Å². The van der Waals surface area contributed by atoms with E-state index >= 15 is 0 Å². The van der Waals surface area contributed by atoms with Crippen LogP contribution in [0.25, 0.3) is 0 Å². The van der Waals surface area contributed by atoms with Gasteiger partial charge in [0.1, 0.15) is 5.69 Å². The van der Waals surface area contributed by atoms with Gasteiger partial charge >= 0.3 is 0 Å². The molecular weight excluding hydrogens is 308 g/mol. The summed E-state index contributed by atoms with van der Waals surface area (Å²) in [5.74, 6) is -0.405. The summed E-state index contributed by atoms with van der Waals surface area (Å²) in [6.07, 6.45) is 2.78. The Balaban J connectivity index is 1.89. The van der Waals surface area contributed by atoms with Crippen molar-refractivity contribution < 1.29 is 13.2 Å². The summed E-state index contributed by atoms with van der Waals surface area (Å²) in [5, 5.41) is 7.65. The number of rotatable bonds is 5. The number of hydrogen-bond acceptors (Lipinski definition) is 5. The second-order valence-electron chi connectivity index (χ2n) is 4.49. The van der Waals surface area contributed by atoms with Crippen molar-refractivity contribution >= 4 is 15.9 Å². The van der Waals surface area contributed by atoms with Crippen molar-refractivity contribution in [1.82, 2.24) is 15.3 Å². The molecule has 22 heavy (non-hydrogen) atoms. The third-order valence-electron chi connectivity index (χ3n) is 2.86. The first-order chi connectivity index (χ1) is 10.4. The number of amides is 1. The lowest BCUT2D eigenvalue weighted by atomic mass is 10.1. The molecule has 116 valence electrons. The van der Waals surface area contributed by atoms with E-state index in [-0.39, 0.29) is 16.1 Å². The quantitative estimate of drug-likeness (QED) is 0.675. The average Bonchev–Trinajstić information content (AvgIpc) is 2.47. The van der Waals surface area contributed by atoms with Crippen molar-refractivity contribution in [3.63, 3.8) is 0 Å². The fourth-order valence-corrected chi connectivity index (χ4v) is 2.24. The molecule has 2 aromatic rings. The Morgan fingerprint density at radius 1 is 1.27 bits per heavy atom. The van der Waals surface area contributed by atoms with Crippen LogP contribution in [0, 0.1) is 0 Å². The predicted octanol–water partition coefficient (Wildman–Crippen LogP) is -0.610. The first-order valence-electron chi connectivity index (χ1n) is 6.31. The number of aromatic nitrogens is 2. The van der Waals surface area contributed by atoms with E-state index in [4.69, 9.17) is 5.14 Å². The van der Waals surface area contributed by atoms with Crippen LogP contribution in [0.3, 0.4) is 0 Å². The van der Waals surface area contributed by atoms with Crippen molar-refractivity contribution in [3.05, 3.63) is 58.3 Å². The molecule has 0 aliphatic carbocycles. The van der Waals surface area contributed by atoms with Gasteiger partial charge < -0.3 is 10.3 Å². The van der Waals surface area contributed by atoms with Crippen LogP contribution < -0.4 is 16.0 Å². The van der Waals surface area contributed by atoms with E-state index in [9.17, 15) is 18.0 Å². The van der Waals surface area contributed by atoms with Crippen molar-refractivity contribution in [2.24, 2.45) is 5.14 Å². The molecule has 0 radical (unpaired) electrons. The molecule has 0 spiro atoms. The maximum absolute atomic E-state index is 11.7. The minimum atomic E-state index is -3.70. The molecule has 1 heterocycles. The molecule has 1 aromatic heterocycles. The number of carbonyl (C=O) groups excluding carboxylic acids is 1. The van der Waals surface area contributed by atoms with Gasteiger partial charge in [0.15, 0.2) is 0 Å². The molecule has 0 saturated heterocycles. The first kappa shape index (κ1) is 15.9. The highest BCUT2D eigenvalue weighted by Crippen LogP contribution is 2.08. The van der Waals surface area contributed by atoms with Gasteiger partial charge in [-0.2, -0.15) is 0 Å². The second kappa shape index (κ2) is 6.50. The van der Waals surface area contributed by atoms with E-state index in [1.54, 1.807) is 12.1 Å². The van der Waals surface area contributed by atoms with Gasteiger partial charge in [0, 0.05) is 12.7 Å². The number of nitrogens with one attached hydrogen (secondary N) is 2. The maximum atomic E-state index is 11.7. The highest BCUT2D eigenvalue weighted by molar-refractivity contribution is 7.89. The van der Waals surface area contributed by atoms with Crippen LogP contribution in [0.2, 0.25) is 0 Å². The van der Waals surface area contributed by atoms with Gasteiger partial charge in [-0.25, -0.2) is 18.5 Å². The van der Waals surface area contributed by atoms with E-state index in [0.717, 1.165) is 11.8 Å². The van der Waals surface area contributed by atoms with Gasteiger partial charge in [-0.05, 0) is 24.1 Å². The normalized spacial score (nSPS) is 11.1. The largest absolute Gasteiger partial charge is 0.350 e. The summed E-state index contributed by atoms with van der Waals surface area (Å²) in [6, 6.07) is 6.08. The number of hydrogen-bond donors (Lipinski definition) is 3. The zero-order valence-corrected chi connectivity index (χ0v) is 12.3. The lowest BCUT2D eigenvalue weighted by molar-refractivity contribution is 0.0948. The number of carbonyl (C=O) groups is 1. The van der Waals surface area contributed by atoms with Gasteiger partial charge in [-0.1, -0.05) is 12.1 Å². The molecule has 0 aliphatic rings. The van der Waals surface area contributed by atoms with Gasteiger partial charge in [-0.3, -0.25) is 9.59 Å². The second-order valence-corrected chi connectivity index (χ2v) is 6.05. The third-order valence-corrected chi connectivity index (χ3v) is 3.79. The third kappa shape index (κ3) is 4.24. The Morgan fingerprint density at radius 2 is 1.95 bits per heavy atom. The van der Waals surface area contributed by atoms with E-state index < -0.39 is 15.9 Å². The van der Waals surface area contributed by atoms with Crippen molar-refractivity contribution in [2.75, 3.05) is 6.54 Å². The molecular formula is C13H14N4O4S. The molecule has 1 amide bonds. The summed E-state index contributed by atoms with van der Waals surface area (Å²) in [5.41, 5.74) is 0.581. The number of H-pyrrole nitrogens is 1. The average molecular weight is 322 g/mol. The van der Waals surface area contributed by atoms with Crippen LogP contribution in [-0.2, 0) is 16.4 Å². The SMILES string of the molecule is NS(=O)(=O)c1ccc(CCNC(=O)c2c[nH]c(=O)cn2)cc1. The lowest BCUT2D eigenvalue weighted by Gasteiger charge is -2.05. The molecule has 4 N–H and O–H groups in total. The molecule has 0 unspecified atom stereocenters. The van der Waals surface area contributed by atoms with Gasteiger partial charge in [0.25, 0.3) is 11.5 Å². The zero-order valence-electron chi connectivity index (χ0n) is 11.4. The number of primary sulfonamides is 1. The summed E-state index contributed by atoms with van der Waals surface area (Å²) < 4.78 is 22.2. The van der Waals surface area contributed by atoms with E-state index in [1.165, 1.54) is 18.3 Å². The molecule has 2 rings (SSSR count). The molecule has 0 saturated carbocycles. The summed E-state index contributed by atoms with van der Waals surface area (Å²) in [7, 11) is -3.70. The monoisotopic (exact) mass is 322 g/mol. The molecule has 0 fully saturated rings. The molecule has 0 bridgehead atoms. The Morgan fingerprint density at radius 3 is 2.50 bits per heavy atom. The standard InChI is InChI=1S/C13H14N4O4S/c14-22(20,21)10-3-1-9(2-4-10)5-6-15-13(19)11-7-17-12(18)8-16-11/h1-4,7-8H,5-6H2,(H,15,19)(H,17,18)(H2,14,20,21). The molecule has 9 heteroatoms. The summed E-state index contributed by atoms with van der Waals surface area (Å²) in [4.78, 5) is 28.7. The number of sulfonamides is 1. The van der Waals surface area contributed by atoms with Crippen molar-refractivity contribution in [2.45, 2.75) is 11.3 Å². The fourth-order valence-electron chi connectivity index (χ4n) is 1.72. The van der Waals surface area contributed by atoms with E-state index in [2.05, 4.69) is 15.3 Å². The Kier molecular flexibility index (Phi) is 4.68. The van der Waals surface area contributed by atoms with Crippen LogP contribution in [-0.4, -0.2) is 30.8 Å². The minimum absolute atomic E-state index is 0.0396. The Bertz CT molecular complexity index is 807. The minimum Gasteiger partial charge on any atom is -0.350 e. The molecule has 8 nitrogen and oxygen atoms in total. The van der Waals surface area contributed by atoms with E-state index in [0.29, 0.717) is 13.0 Å². The zero-order chi connectivity index (χ0) is 16.2. The first-order valence-corrected chi connectivity index (χ1v) is 7.85. The van der Waals surface area contributed by atoms with Gasteiger partial charge in [-0.15, -0.1) is 0 Å². The van der Waals surface area contributed by atoms with Crippen LogP contribution in [0.5, 0.6) is 0 Å². The molecule has 0 atom stereocenters. The Hall–Kier alpha value is -2.52. The van der Waals surface area contributed by atoms with Crippen molar-refractivity contribution in [1.29, 1.82) is 0 Å². The summed E-state index contributed by atoms with van der Waals surface area (Å²) >= 11 is 0. The summed E-state index contributed by atoms with van der Waals surface area (Å²) in [6.45, 7) is 0.342. The molecule has 0 aliphatic heterocycles. The number of nitrogens with zero attached hydrogens (tertiary/aromatic N) is 1. The number of nitrogens with two attached hydrogens (primary N) is 1. The van der Waals surface area contributed by atoms with Crippen LogP contribution in [0.1, 0.15) is 16.1 Å². The van der Waals surface area contributed by atoms with Crippen LogP contribution >= 0.6 is 0 Å². The van der Waals surface area contributed by atoms with Gasteiger partial charge in [0.2, 0.25) is 10.0 Å². The highest BCUT2D eigenvalue weighted by Gasteiger charge is 2.08. The lowest BCUT2D eigenvalue weighted by Crippen LogP contribution is -2.27. The fraction of sp³-hybridized carbons (Fsp3) is 0.154. The topological polar surface area (TPSA) is 135 Å². The van der Waals surface area contributed by atoms with Crippen LogP contribution in [0.15, 0.2) is 46.3 Å². The number of aromatic amines is 1. The maximum Gasteiger partial charge on any atom is 0.271 e. The number of benzene rings is 1. The van der Waals surface area contributed by atoms with Gasteiger partial charge in [0.05, 0.1) is 11.1 Å². The highest BCUT2D eigenvalue weighted by atomic mass is 32.2.